The average Bonchev–Trinajstić information content (AvgIpc) is 2.52. The highest BCUT2D eigenvalue weighted by molar-refractivity contribution is 5.98. The van der Waals surface area contributed by atoms with Crippen LogP contribution in [-0.2, 0) is 0 Å². The number of methoxy groups -OCH3 is 3. The largest absolute Gasteiger partial charge is 0.493 e. The summed E-state index contributed by atoms with van der Waals surface area (Å²) in [5.41, 5.74) is 0.367. The molecule has 0 fully saturated rings. The number of nitrogens with one attached hydrogen (secondary N) is 1. The van der Waals surface area contributed by atoms with Crippen molar-refractivity contribution in [2.75, 3.05) is 27.9 Å². The Kier molecular flexibility index (Phi) is 6.81. The van der Waals surface area contributed by atoms with Crippen LogP contribution in [0.3, 0.4) is 0 Å². The Morgan fingerprint density at radius 1 is 1.19 bits per heavy atom. The molecule has 1 aromatic rings. The molecular weight excluding hydrogens is 274 g/mol. The topological polar surface area (TPSA) is 77.0 Å². The highest BCUT2D eigenvalue weighted by Crippen LogP contribution is 2.39. The normalized spacial score (nSPS) is 11.7. The Morgan fingerprint density at radius 2 is 1.86 bits per heavy atom. The molecule has 118 valence electrons. The van der Waals surface area contributed by atoms with Crippen molar-refractivity contribution in [3.8, 4) is 17.2 Å². The first-order valence-electron chi connectivity index (χ1n) is 6.83. The molecule has 21 heavy (non-hydrogen) atoms. The number of aliphatic hydroxyl groups excluding tert-OH is 1. The van der Waals surface area contributed by atoms with E-state index in [-0.39, 0.29) is 18.6 Å². The van der Waals surface area contributed by atoms with E-state index in [1.165, 1.54) is 21.3 Å². The monoisotopic (exact) mass is 297 g/mol. The van der Waals surface area contributed by atoms with Gasteiger partial charge in [-0.2, -0.15) is 0 Å². The maximum atomic E-state index is 12.4. The number of benzene rings is 1. The average molecular weight is 297 g/mol. The van der Waals surface area contributed by atoms with Crippen LogP contribution < -0.4 is 19.5 Å². The molecule has 1 amide bonds. The molecule has 0 radical (unpaired) electrons. The Labute approximate surface area is 125 Å². The summed E-state index contributed by atoms with van der Waals surface area (Å²) in [6.07, 6.45) is 1.25. The van der Waals surface area contributed by atoms with Crippen LogP contribution in [0.25, 0.3) is 0 Å². The zero-order chi connectivity index (χ0) is 15.8. The fraction of sp³-hybridized carbons (Fsp3) is 0.533. The molecule has 0 spiro atoms. The van der Waals surface area contributed by atoms with Crippen LogP contribution in [0.15, 0.2) is 12.1 Å². The summed E-state index contributed by atoms with van der Waals surface area (Å²) in [7, 11) is 4.48. The van der Waals surface area contributed by atoms with E-state index < -0.39 is 0 Å². The van der Waals surface area contributed by atoms with Crippen molar-refractivity contribution in [3.63, 3.8) is 0 Å². The van der Waals surface area contributed by atoms with E-state index in [0.29, 0.717) is 29.2 Å². The van der Waals surface area contributed by atoms with Gasteiger partial charge in [0.05, 0.1) is 26.9 Å². The van der Waals surface area contributed by atoms with Gasteiger partial charge in [0.2, 0.25) is 5.75 Å². The van der Waals surface area contributed by atoms with Crippen LogP contribution in [0, 0.1) is 0 Å². The molecule has 0 aliphatic heterocycles. The fourth-order valence-corrected chi connectivity index (χ4v) is 2.08. The molecule has 6 nitrogen and oxygen atoms in total. The minimum atomic E-state index is -0.270. The van der Waals surface area contributed by atoms with E-state index in [4.69, 9.17) is 19.3 Å². The molecule has 1 unspecified atom stereocenters. The van der Waals surface area contributed by atoms with Crippen molar-refractivity contribution < 1.29 is 24.1 Å². The molecule has 0 saturated carbocycles. The van der Waals surface area contributed by atoms with Crippen molar-refractivity contribution in [1.82, 2.24) is 5.32 Å². The Morgan fingerprint density at radius 3 is 2.33 bits per heavy atom. The Balaban J connectivity index is 3.09. The molecule has 0 aromatic heterocycles. The molecule has 0 bridgehead atoms. The van der Waals surface area contributed by atoms with Gasteiger partial charge in [-0.05, 0) is 25.0 Å². The summed E-state index contributed by atoms with van der Waals surface area (Å²) in [5, 5.41) is 11.9. The highest BCUT2D eigenvalue weighted by atomic mass is 16.5. The van der Waals surface area contributed by atoms with Crippen LogP contribution in [0.5, 0.6) is 17.2 Å². The van der Waals surface area contributed by atoms with Crippen molar-refractivity contribution in [2.24, 2.45) is 0 Å². The molecule has 0 heterocycles. The number of aliphatic hydroxyl groups is 1. The number of rotatable bonds is 8. The van der Waals surface area contributed by atoms with Gasteiger partial charge in [-0.1, -0.05) is 6.92 Å². The number of ether oxygens (including phenoxy) is 3. The van der Waals surface area contributed by atoms with E-state index in [1.807, 2.05) is 6.92 Å². The Hall–Kier alpha value is -1.95. The second-order valence-electron chi connectivity index (χ2n) is 4.47. The van der Waals surface area contributed by atoms with Gasteiger partial charge in [-0.15, -0.1) is 0 Å². The lowest BCUT2D eigenvalue weighted by Gasteiger charge is -2.19. The Bertz CT molecular complexity index is 475. The number of carbonyl (C=O) groups is 1. The predicted octanol–water partition coefficient (Wildman–Crippen LogP) is 1.60. The van der Waals surface area contributed by atoms with Crippen LogP contribution in [-0.4, -0.2) is 45.0 Å². The number of carbonyl (C=O) groups excluding carboxylic acids is 1. The summed E-state index contributed by atoms with van der Waals surface area (Å²) < 4.78 is 15.7. The molecule has 0 aliphatic rings. The lowest BCUT2D eigenvalue weighted by molar-refractivity contribution is 0.0925. The minimum Gasteiger partial charge on any atom is -0.493 e. The SMILES string of the molecule is CCC(CCO)NC(=O)c1ccc(OC)c(OC)c1OC. The maximum Gasteiger partial charge on any atom is 0.255 e. The van der Waals surface area contributed by atoms with Gasteiger partial charge in [0.25, 0.3) is 5.91 Å². The van der Waals surface area contributed by atoms with E-state index in [2.05, 4.69) is 5.32 Å². The quantitative estimate of drug-likeness (QED) is 0.762. The molecule has 0 aliphatic carbocycles. The van der Waals surface area contributed by atoms with E-state index in [1.54, 1.807) is 12.1 Å². The van der Waals surface area contributed by atoms with Gasteiger partial charge < -0.3 is 24.6 Å². The van der Waals surface area contributed by atoms with E-state index >= 15 is 0 Å². The third-order valence-corrected chi connectivity index (χ3v) is 3.25. The van der Waals surface area contributed by atoms with Crippen molar-refractivity contribution in [3.05, 3.63) is 17.7 Å². The molecule has 1 rings (SSSR count). The van der Waals surface area contributed by atoms with Gasteiger partial charge in [0.15, 0.2) is 11.5 Å². The van der Waals surface area contributed by atoms with Gasteiger partial charge in [0, 0.05) is 12.6 Å². The third-order valence-electron chi connectivity index (χ3n) is 3.25. The van der Waals surface area contributed by atoms with Crippen molar-refractivity contribution in [2.45, 2.75) is 25.8 Å². The van der Waals surface area contributed by atoms with Crippen molar-refractivity contribution in [1.29, 1.82) is 0 Å². The van der Waals surface area contributed by atoms with Crippen LogP contribution >= 0.6 is 0 Å². The molecule has 1 aromatic carbocycles. The van der Waals surface area contributed by atoms with Gasteiger partial charge >= 0.3 is 0 Å². The zero-order valence-corrected chi connectivity index (χ0v) is 12.9. The lowest BCUT2D eigenvalue weighted by Crippen LogP contribution is -2.35. The predicted molar refractivity (Wildman–Crippen MR) is 79.3 cm³/mol. The van der Waals surface area contributed by atoms with Crippen molar-refractivity contribution >= 4 is 5.91 Å². The van der Waals surface area contributed by atoms with Crippen LogP contribution in [0.4, 0.5) is 0 Å². The molecule has 1 atom stereocenters. The first-order chi connectivity index (χ1) is 10.1. The third kappa shape index (κ3) is 4.01. The summed E-state index contributed by atoms with van der Waals surface area (Å²) in [6.45, 7) is 1.98. The molecular formula is C15H23NO5. The summed E-state index contributed by atoms with van der Waals surface area (Å²) in [6, 6.07) is 3.20. The van der Waals surface area contributed by atoms with E-state index in [0.717, 1.165) is 6.42 Å². The fourth-order valence-electron chi connectivity index (χ4n) is 2.08. The molecule has 2 N–H and O–H groups in total. The minimum absolute atomic E-state index is 0.0296. The summed E-state index contributed by atoms with van der Waals surface area (Å²) >= 11 is 0. The first kappa shape index (κ1) is 17.1. The van der Waals surface area contributed by atoms with Gasteiger partial charge in [-0.25, -0.2) is 0 Å². The van der Waals surface area contributed by atoms with Crippen LogP contribution in [0.1, 0.15) is 30.1 Å². The smallest absolute Gasteiger partial charge is 0.255 e. The van der Waals surface area contributed by atoms with Crippen LogP contribution in [0.2, 0.25) is 0 Å². The molecule has 0 saturated heterocycles. The van der Waals surface area contributed by atoms with Gasteiger partial charge in [-0.3, -0.25) is 4.79 Å². The second-order valence-corrected chi connectivity index (χ2v) is 4.47. The highest BCUT2D eigenvalue weighted by Gasteiger charge is 2.21. The lowest BCUT2D eigenvalue weighted by atomic mass is 10.1. The van der Waals surface area contributed by atoms with E-state index in [9.17, 15) is 4.79 Å². The maximum absolute atomic E-state index is 12.4. The summed E-state index contributed by atoms with van der Waals surface area (Å²) in [4.78, 5) is 12.4. The number of hydrogen-bond acceptors (Lipinski definition) is 5. The first-order valence-corrected chi connectivity index (χ1v) is 6.83. The summed E-state index contributed by atoms with van der Waals surface area (Å²) in [5.74, 6) is 0.928. The number of amides is 1. The number of hydrogen-bond donors (Lipinski definition) is 2. The standard InChI is InChI=1S/C15H23NO5/c1-5-10(8-9-17)16-15(18)11-6-7-12(19-2)14(21-4)13(11)20-3/h6-7,10,17H,5,8-9H2,1-4H3,(H,16,18). The zero-order valence-electron chi connectivity index (χ0n) is 12.9. The molecule has 6 heteroatoms. The second kappa shape index (κ2) is 8.36. The van der Waals surface area contributed by atoms with Gasteiger partial charge in [0.1, 0.15) is 0 Å².